The molecular formula is C17H27NO. The van der Waals surface area contributed by atoms with Crippen molar-refractivity contribution in [2.45, 2.75) is 51.7 Å². The highest BCUT2D eigenvalue weighted by molar-refractivity contribution is 5.24. The van der Waals surface area contributed by atoms with Crippen molar-refractivity contribution in [1.29, 1.82) is 0 Å². The van der Waals surface area contributed by atoms with E-state index in [1.54, 1.807) is 0 Å². The van der Waals surface area contributed by atoms with Gasteiger partial charge in [-0.2, -0.15) is 0 Å². The van der Waals surface area contributed by atoms with Crippen molar-refractivity contribution >= 4 is 0 Å². The van der Waals surface area contributed by atoms with E-state index in [-0.39, 0.29) is 5.92 Å². The highest BCUT2D eigenvalue weighted by atomic mass is 16.3. The Balaban J connectivity index is 2.13. The Kier molecular flexibility index (Phi) is 4.64. The zero-order valence-corrected chi connectivity index (χ0v) is 12.5. The number of rotatable bonds is 4. The van der Waals surface area contributed by atoms with Gasteiger partial charge in [-0.05, 0) is 31.9 Å². The molecule has 106 valence electrons. The zero-order chi connectivity index (χ0) is 13.9. The summed E-state index contributed by atoms with van der Waals surface area (Å²) in [6, 6.07) is 10.6. The first-order valence-corrected chi connectivity index (χ1v) is 7.60. The number of piperidine rings is 1. The van der Waals surface area contributed by atoms with E-state index in [0.717, 1.165) is 25.1 Å². The van der Waals surface area contributed by atoms with E-state index in [4.69, 9.17) is 0 Å². The van der Waals surface area contributed by atoms with Gasteiger partial charge in [-0.25, -0.2) is 0 Å². The monoisotopic (exact) mass is 261 g/mol. The Morgan fingerprint density at radius 1 is 1.26 bits per heavy atom. The van der Waals surface area contributed by atoms with Gasteiger partial charge >= 0.3 is 0 Å². The molecule has 1 saturated heterocycles. The van der Waals surface area contributed by atoms with Crippen LogP contribution in [0.2, 0.25) is 0 Å². The van der Waals surface area contributed by atoms with Crippen molar-refractivity contribution in [2.24, 2.45) is 5.92 Å². The van der Waals surface area contributed by atoms with Crippen LogP contribution in [0.15, 0.2) is 30.3 Å². The quantitative estimate of drug-likeness (QED) is 0.898. The molecule has 2 rings (SSSR count). The molecule has 0 spiro atoms. The Morgan fingerprint density at radius 2 is 1.95 bits per heavy atom. The SMILES string of the molecule is CCCCN1C[C@H](C)[C@](O)(c2ccccc2)C[C@@H]1C. The maximum atomic E-state index is 11.1. The van der Waals surface area contributed by atoms with Crippen LogP contribution in [0.25, 0.3) is 0 Å². The molecule has 0 radical (unpaired) electrons. The second kappa shape index (κ2) is 6.06. The number of aliphatic hydroxyl groups is 1. The van der Waals surface area contributed by atoms with Gasteiger partial charge in [0, 0.05) is 18.5 Å². The van der Waals surface area contributed by atoms with Gasteiger partial charge < -0.3 is 10.0 Å². The molecule has 1 heterocycles. The minimum absolute atomic E-state index is 0.281. The number of hydrogen-bond donors (Lipinski definition) is 1. The second-order valence-corrected chi connectivity index (χ2v) is 6.09. The van der Waals surface area contributed by atoms with Crippen molar-refractivity contribution in [3.63, 3.8) is 0 Å². The fraction of sp³-hybridized carbons (Fsp3) is 0.647. The molecule has 0 aromatic heterocycles. The van der Waals surface area contributed by atoms with Crippen LogP contribution in [0.3, 0.4) is 0 Å². The van der Waals surface area contributed by atoms with Crippen molar-refractivity contribution in [3.8, 4) is 0 Å². The number of nitrogens with zero attached hydrogens (tertiary/aromatic N) is 1. The summed E-state index contributed by atoms with van der Waals surface area (Å²) in [5, 5.41) is 11.1. The molecule has 2 heteroatoms. The van der Waals surface area contributed by atoms with E-state index in [1.165, 1.54) is 12.8 Å². The summed E-state index contributed by atoms with van der Waals surface area (Å²) in [5.74, 6) is 0.281. The Hall–Kier alpha value is -0.860. The van der Waals surface area contributed by atoms with Crippen LogP contribution in [-0.2, 0) is 5.60 Å². The van der Waals surface area contributed by atoms with E-state index in [2.05, 4.69) is 37.8 Å². The van der Waals surface area contributed by atoms with Crippen molar-refractivity contribution in [2.75, 3.05) is 13.1 Å². The third kappa shape index (κ3) is 3.01. The van der Waals surface area contributed by atoms with Gasteiger partial charge in [0.25, 0.3) is 0 Å². The summed E-state index contributed by atoms with van der Waals surface area (Å²) in [4.78, 5) is 2.53. The number of hydrogen-bond acceptors (Lipinski definition) is 2. The summed E-state index contributed by atoms with van der Waals surface area (Å²) in [5.41, 5.74) is 0.410. The van der Waals surface area contributed by atoms with Crippen molar-refractivity contribution < 1.29 is 5.11 Å². The average molecular weight is 261 g/mol. The van der Waals surface area contributed by atoms with E-state index in [0.29, 0.717) is 6.04 Å². The fourth-order valence-corrected chi connectivity index (χ4v) is 3.27. The molecule has 2 nitrogen and oxygen atoms in total. The fourth-order valence-electron chi connectivity index (χ4n) is 3.27. The van der Waals surface area contributed by atoms with Crippen LogP contribution in [0.4, 0.5) is 0 Å². The lowest BCUT2D eigenvalue weighted by Gasteiger charge is -2.47. The standard InChI is InChI=1S/C17H27NO/c1-4-5-11-18-13-14(2)17(19,12-15(18)3)16-9-7-6-8-10-16/h6-10,14-15,19H,4-5,11-13H2,1-3H3/t14-,15-,17-/m0/s1. The largest absolute Gasteiger partial charge is 0.385 e. The van der Waals surface area contributed by atoms with Crippen LogP contribution in [0.5, 0.6) is 0 Å². The Bertz CT molecular complexity index is 392. The summed E-state index contributed by atoms with van der Waals surface area (Å²) in [6.45, 7) is 8.81. The molecule has 1 aliphatic rings. The van der Waals surface area contributed by atoms with Crippen LogP contribution in [-0.4, -0.2) is 29.1 Å². The van der Waals surface area contributed by atoms with Crippen molar-refractivity contribution in [3.05, 3.63) is 35.9 Å². The molecule has 0 saturated carbocycles. The Labute approximate surface area is 117 Å². The third-order valence-corrected chi connectivity index (χ3v) is 4.63. The number of likely N-dealkylation sites (tertiary alicyclic amines) is 1. The average Bonchev–Trinajstić information content (AvgIpc) is 2.42. The highest BCUT2D eigenvalue weighted by Gasteiger charge is 2.42. The van der Waals surface area contributed by atoms with E-state index in [9.17, 15) is 5.11 Å². The summed E-state index contributed by atoms with van der Waals surface area (Å²) in [7, 11) is 0. The van der Waals surface area contributed by atoms with E-state index in [1.807, 2.05) is 18.2 Å². The number of benzene rings is 1. The molecule has 0 amide bonds. The van der Waals surface area contributed by atoms with E-state index >= 15 is 0 Å². The first-order chi connectivity index (χ1) is 9.08. The Morgan fingerprint density at radius 3 is 2.58 bits per heavy atom. The smallest absolute Gasteiger partial charge is 0.0948 e. The van der Waals surface area contributed by atoms with Gasteiger partial charge in [-0.1, -0.05) is 50.6 Å². The zero-order valence-electron chi connectivity index (χ0n) is 12.5. The minimum Gasteiger partial charge on any atom is -0.385 e. The molecular weight excluding hydrogens is 234 g/mol. The van der Waals surface area contributed by atoms with Crippen LogP contribution >= 0.6 is 0 Å². The molecule has 3 atom stereocenters. The van der Waals surface area contributed by atoms with Crippen molar-refractivity contribution in [1.82, 2.24) is 4.90 Å². The van der Waals surface area contributed by atoms with Gasteiger partial charge in [0.2, 0.25) is 0 Å². The molecule has 1 aliphatic heterocycles. The van der Waals surface area contributed by atoms with Gasteiger partial charge in [0.15, 0.2) is 0 Å². The van der Waals surface area contributed by atoms with Crippen LogP contribution in [0.1, 0.15) is 45.6 Å². The molecule has 1 N–H and O–H groups in total. The maximum absolute atomic E-state index is 11.1. The number of unbranched alkanes of at least 4 members (excludes halogenated alkanes) is 1. The molecule has 0 bridgehead atoms. The minimum atomic E-state index is -0.663. The first-order valence-electron chi connectivity index (χ1n) is 7.60. The second-order valence-electron chi connectivity index (χ2n) is 6.09. The lowest BCUT2D eigenvalue weighted by atomic mass is 9.74. The van der Waals surface area contributed by atoms with Gasteiger partial charge in [0.1, 0.15) is 0 Å². The predicted octanol–water partition coefficient (Wildman–Crippen LogP) is 3.40. The van der Waals surface area contributed by atoms with Gasteiger partial charge in [-0.3, -0.25) is 0 Å². The maximum Gasteiger partial charge on any atom is 0.0948 e. The summed E-state index contributed by atoms with van der Waals surface area (Å²) >= 11 is 0. The normalized spacial score (nSPS) is 32.4. The molecule has 1 aromatic rings. The van der Waals surface area contributed by atoms with Crippen LogP contribution in [0, 0.1) is 5.92 Å². The lowest BCUT2D eigenvalue weighted by Crippen LogP contribution is -2.53. The molecule has 0 unspecified atom stereocenters. The summed E-state index contributed by atoms with van der Waals surface area (Å²) in [6.07, 6.45) is 3.32. The highest BCUT2D eigenvalue weighted by Crippen LogP contribution is 2.39. The molecule has 19 heavy (non-hydrogen) atoms. The predicted molar refractivity (Wildman–Crippen MR) is 80.1 cm³/mol. The van der Waals surface area contributed by atoms with Crippen LogP contribution < -0.4 is 0 Å². The molecule has 0 aliphatic carbocycles. The van der Waals surface area contributed by atoms with Gasteiger partial charge in [0.05, 0.1) is 5.60 Å². The topological polar surface area (TPSA) is 23.5 Å². The lowest BCUT2D eigenvalue weighted by molar-refractivity contribution is -0.0906. The van der Waals surface area contributed by atoms with Gasteiger partial charge in [-0.15, -0.1) is 0 Å². The first kappa shape index (κ1) is 14.5. The third-order valence-electron chi connectivity index (χ3n) is 4.63. The molecule has 1 aromatic carbocycles. The summed E-state index contributed by atoms with van der Waals surface area (Å²) < 4.78 is 0. The molecule has 1 fully saturated rings. The van der Waals surface area contributed by atoms with E-state index < -0.39 is 5.60 Å².